The Morgan fingerprint density at radius 3 is 2.30 bits per heavy atom. The van der Waals surface area contributed by atoms with Crippen molar-refractivity contribution in [3.05, 3.63) is 42.0 Å². The zero-order chi connectivity index (χ0) is 16.9. The van der Waals surface area contributed by atoms with Gasteiger partial charge in [-0.25, -0.2) is 4.79 Å². The molecule has 1 heterocycles. The average molecular weight is 316 g/mol. The van der Waals surface area contributed by atoms with Gasteiger partial charge >= 0.3 is 6.09 Å². The highest BCUT2D eigenvalue weighted by molar-refractivity contribution is 5.99. The molecule has 0 aliphatic carbocycles. The zero-order valence-electron chi connectivity index (χ0n) is 14.0. The number of hydrogen-bond donors (Lipinski definition) is 1. The van der Waals surface area contributed by atoms with E-state index in [1.807, 2.05) is 51.1 Å². The lowest BCUT2D eigenvalue weighted by Gasteiger charge is -2.30. The van der Waals surface area contributed by atoms with Crippen LogP contribution in [0.2, 0.25) is 0 Å². The number of hydrogen-bond acceptors (Lipinski definition) is 3. The van der Waals surface area contributed by atoms with E-state index in [1.165, 1.54) is 0 Å². The SMILES string of the molecule is CC(C)(C)OC(=O)N1CCC(=CC(=O)Nc2ccccc2)CC1. The number of carbonyl (C=O) groups is 2. The fraction of sp³-hybridized carbons (Fsp3) is 0.444. The monoisotopic (exact) mass is 316 g/mol. The molecule has 1 aliphatic heterocycles. The van der Waals surface area contributed by atoms with E-state index in [0.29, 0.717) is 25.9 Å². The predicted molar refractivity (Wildman–Crippen MR) is 90.2 cm³/mol. The Balaban J connectivity index is 1.84. The van der Waals surface area contributed by atoms with Crippen LogP contribution < -0.4 is 5.32 Å². The van der Waals surface area contributed by atoms with Gasteiger partial charge in [-0.1, -0.05) is 23.8 Å². The second-order valence-corrected chi connectivity index (χ2v) is 6.63. The molecule has 0 atom stereocenters. The Labute approximate surface area is 137 Å². The summed E-state index contributed by atoms with van der Waals surface area (Å²) in [6, 6.07) is 9.35. The van der Waals surface area contributed by atoms with E-state index in [2.05, 4.69) is 5.32 Å². The van der Waals surface area contributed by atoms with Gasteiger partial charge in [-0.2, -0.15) is 0 Å². The van der Waals surface area contributed by atoms with Crippen molar-refractivity contribution in [3.63, 3.8) is 0 Å². The highest BCUT2D eigenvalue weighted by Gasteiger charge is 2.24. The van der Waals surface area contributed by atoms with Crippen LogP contribution in [0, 0.1) is 0 Å². The molecule has 2 amide bonds. The van der Waals surface area contributed by atoms with Crippen LogP contribution in [0.15, 0.2) is 42.0 Å². The average Bonchev–Trinajstić information content (AvgIpc) is 2.47. The molecule has 1 saturated heterocycles. The molecule has 1 aromatic carbocycles. The third-order valence-corrected chi connectivity index (χ3v) is 3.43. The number of benzene rings is 1. The van der Waals surface area contributed by atoms with Crippen molar-refractivity contribution in [2.24, 2.45) is 0 Å². The summed E-state index contributed by atoms with van der Waals surface area (Å²) in [7, 11) is 0. The molecule has 1 aliphatic rings. The van der Waals surface area contributed by atoms with Gasteiger partial charge in [-0.3, -0.25) is 4.79 Å². The predicted octanol–water partition coefficient (Wildman–Crippen LogP) is 3.58. The number of likely N-dealkylation sites (tertiary alicyclic amines) is 1. The number of anilines is 1. The van der Waals surface area contributed by atoms with Gasteiger partial charge in [0, 0.05) is 24.9 Å². The summed E-state index contributed by atoms with van der Waals surface area (Å²) in [5.41, 5.74) is 1.35. The summed E-state index contributed by atoms with van der Waals surface area (Å²) in [4.78, 5) is 25.7. The van der Waals surface area contributed by atoms with Crippen molar-refractivity contribution in [1.29, 1.82) is 0 Å². The number of ether oxygens (including phenoxy) is 1. The smallest absolute Gasteiger partial charge is 0.410 e. The third kappa shape index (κ3) is 5.77. The molecule has 5 nitrogen and oxygen atoms in total. The summed E-state index contributed by atoms with van der Waals surface area (Å²) in [6.07, 6.45) is 2.74. The second kappa shape index (κ2) is 7.31. The highest BCUT2D eigenvalue weighted by Crippen LogP contribution is 2.19. The molecule has 0 spiro atoms. The standard InChI is InChI=1S/C18H24N2O3/c1-18(2,3)23-17(22)20-11-9-14(10-12-20)13-16(21)19-15-7-5-4-6-8-15/h4-8,13H,9-12H2,1-3H3,(H,19,21). The van der Waals surface area contributed by atoms with Crippen molar-refractivity contribution in [2.45, 2.75) is 39.2 Å². The van der Waals surface area contributed by atoms with E-state index in [9.17, 15) is 9.59 Å². The molecule has 1 fully saturated rings. The number of nitrogens with zero attached hydrogens (tertiary/aromatic N) is 1. The lowest BCUT2D eigenvalue weighted by Crippen LogP contribution is -2.40. The summed E-state index contributed by atoms with van der Waals surface area (Å²) < 4.78 is 5.36. The number of para-hydroxylation sites is 1. The van der Waals surface area contributed by atoms with Crippen LogP contribution in [0.3, 0.4) is 0 Å². The number of amides is 2. The molecular formula is C18H24N2O3. The molecule has 1 N–H and O–H groups in total. The quantitative estimate of drug-likeness (QED) is 0.848. The van der Waals surface area contributed by atoms with E-state index >= 15 is 0 Å². The van der Waals surface area contributed by atoms with Gasteiger partial charge in [-0.15, -0.1) is 0 Å². The maximum atomic E-state index is 12.0. The molecule has 2 rings (SSSR count). The van der Waals surface area contributed by atoms with E-state index < -0.39 is 5.60 Å². The number of carbonyl (C=O) groups excluding carboxylic acids is 2. The first-order valence-corrected chi connectivity index (χ1v) is 7.87. The molecule has 1 aromatic rings. The first kappa shape index (κ1) is 17.1. The molecular weight excluding hydrogens is 292 g/mol. The van der Waals surface area contributed by atoms with E-state index in [1.54, 1.807) is 11.0 Å². The van der Waals surface area contributed by atoms with Gasteiger partial charge in [0.05, 0.1) is 0 Å². The van der Waals surface area contributed by atoms with Gasteiger partial charge in [0.15, 0.2) is 0 Å². The molecule has 5 heteroatoms. The fourth-order valence-electron chi connectivity index (χ4n) is 2.33. The van der Waals surface area contributed by atoms with Gasteiger partial charge in [0.1, 0.15) is 5.60 Å². The molecule has 0 radical (unpaired) electrons. The Bertz CT molecular complexity index is 578. The lowest BCUT2D eigenvalue weighted by atomic mass is 10.0. The Morgan fingerprint density at radius 2 is 1.74 bits per heavy atom. The van der Waals surface area contributed by atoms with Gasteiger partial charge in [0.25, 0.3) is 0 Å². The molecule has 0 saturated carbocycles. The van der Waals surface area contributed by atoms with Crippen LogP contribution in [0.1, 0.15) is 33.6 Å². The number of nitrogens with one attached hydrogen (secondary N) is 1. The van der Waals surface area contributed by atoms with E-state index in [0.717, 1.165) is 11.3 Å². The first-order valence-electron chi connectivity index (χ1n) is 7.87. The third-order valence-electron chi connectivity index (χ3n) is 3.43. The number of rotatable bonds is 2. The maximum Gasteiger partial charge on any atom is 0.410 e. The Hall–Kier alpha value is -2.30. The van der Waals surface area contributed by atoms with Crippen LogP contribution in [0.4, 0.5) is 10.5 Å². The van der Waals surface area contributed by atoms with Crippen molar-refractivity contribution in [2.75, 3.05) is 18.4 Å². The Morgan fingerprint density at radius 1 is 1.13 bits per heavy atom. The van der Waals surface area contributed by atoms with Gasteiger partial charge in [0.2, 0.25) is 5.91 Å². The molecule has 0 bridgehead atoms. The molecule has 0 unspecified atom stereocenters. The maximum absolute atomic E-state index is 12.0. The summed E-state index contributed by atoms with van der Waals surface area (Å²) in [5.74, 6) is -0.128. The highest BCUT2D eigenvalue weighted by atomic mass is 16.6. The zero-order valence-corrected chi connectivity index (χ0v) is 14.0. The second-order valence-electron chi connectivity index (χ2n) is 6.63. The van der Waals surface area contributed by atoms with Crippen LogP contribution in [0.25, 0.3) is 0 Å². The van der Waals surface area contributed by atoms with Crippen LogP contribution in [-0.2, 0) is 9.53 Å². The Kier molecular flexibility index (Phi) is 5.42. The van der Waals surface area contributed by atoms with Crippen molar-refractivity contribution in [1.82, 2.24) is 4.90 Å². The molecule has 23 heavy (non-hydrogen) atoms. The minimum absolute atomic E-state index is 0.128. The van der Waals surface area contributed by atoms with Crippen LogP contribution in [0.5, 0.6) is 0 Å². The summed E-state index contributed by atoms with van der Waals surface area (Å²) in [6.45, 7) is 6.73. The first-order chi connectivity index (χ1) is 10.8. The van der Waals surface area contributed by atoms with Gasteiger partial charge < -0.3 is 15.0 Å². The minimum atomic E-state index is -0.483. The molecule has 0 aromatic heterocycles. The van der Waals surface area contributed by atoms with E-state index in [4.69, 9.17) is 4.74 Å². The molecule has 124 valence electrons. The lowest BCUT2D eigenvalue weighted by molar-refractivity contribution is -0.112. The van der Waals surface area contributed by atoms with Crippen molar-refractivity contribution < 1.29 is 14.3 Å². The fourth-order valence-corrected chi connectivity index (χ4v) is 2.33. The summed E-state index contributed by atoms with van der Waals surface area (Å²) >= 11 is 0. The minimum Gasteiger partial charge on any atom is -0.444 e. The summed E-state index contributed by atoms with van der Waals surface area (Å²) in [5, 5.41) is 2.83. The van der Waals surface area contributed by atoms with Crippen LogP contribution >= 0.6 is 0 Å². The van der Waals surface area contributed by atoms with Crippen molar-refractivity contribution >= 4 is 17.7 Å². The van der Waals surface area contributed by atoms with Crippen molar-refractivity contribution in [3.8, 4) is 0 Å². The van der Waals surface area contributed by atoms with Gasteiger partial charge in [-0.05, 0) is 45.7 Å². The van der Waals surface area contributed by atoms with Crippen LogP contribution in [-0.4, -0.2) is 35.6 Å². The number of piperidine rings is 1. The largest absolute Gasteiger partial charge is 0.444 e. The normalized spacial score (nSPS) is 15.1. The van der Waals surface area contributed by atoms with E-state index in [-0.39, 0.29) is 12.0 Å². The topological polar surface area (TPSA) is 58.6 Å².